The number of thiophene rings is 1. The normalized spacial score (nSPS) is 18.2. The van der Waals surface area contributed by atoms with Crippen LogP contribution in [0.3, 0.4) is 0 Å². The van der Waals surface area contributed by atoms with Crippen molar-refractivity contribution in [3.05, 3.63) is 16.0 Å². The molecule has 26 heavy (non-hydrogen) atoms. The molecule has 6 nitrogen and oxygen atoms in total. The molecule has 1 saturated carbocycles. The number of aliphatic carboxylic acids is 1. The predicted molar refractivity (Wildman–Crippen MR) is 98.7 cm³/mol. The zero-order valence-corrected chi connectivity index (χ0v) is 15.9. The maximum absolute atomic E-state index is 12.6. The van der Waals surface area contributed by atoms with Crippen molar-refractivity contribution in [2.75, 3.05) is 11.9 Å². The number of hydrogen-bond acceptors (Lipinski definition) is 5. The highest BCUT2D eigenvalue weighted by Gasteiger charge is 2.41. The van der Waals surface area contributed by atoms with E-state index >= 15 is 0 Å². The summed E-state index contributed by atoms with van der Waals surface area (Å²) in [4.78, 5) is 37.9. The van der Waals surface area contributed by atoms with Crippen LogP contribution in [0.5, 0.6) is 0 Å². The van der Waals surface area contributed by atoms with Crippen LogP contribution in [-0.4, -0.2) is 29.6 Å². The van der Waals surface area contributed by atoms with Gasteiger partial charge in [-0.15, -0.1) is 11.3 Å². The highest BCUT2D eigenvalue weighted by atomic mass is 32.1. The third-order valence-corrected chi connectivity index (χ3v) is 6.62. The van der Waals surface area contributed by atoms with Gasteiger partial charge in [-0.1, -0.05) is 19.3 Å². The molecular weight excluding hydrogens is 354 g/mol. The molecule has 1 aromatic rings. The molecule has 0 aromatic carbocycles. The lowest BCUT2D eigenvalue weighted by atomic mass is 9.71. The fourth-order valence-electron chi connectivity index (χ4n) is 4.08. The Hall–Kier alpha value is -1.89. The van der Waals surface area contributed by atoms with Crippen LogP contribution in [0.1, 0.15) is 72.7 Å². The third kappa shape index (κ3) is 3.63. The maximum Gasteiger partial charge on any atom is 0.341 e. The molecule has 0 bridgehead atoms. The van der Waals surface area contributed by atoms with Crippen molar-refractivity contribution >= 4 is 34.2 Å². The molecule has 0 atom stereocenters. The highest BCUT2D eigenvalue weighted by molar-refractivity contribution is 7.17. The Morgan fingerprint density at radius 2 is 1.88 bits per heavy atom. The van der Waals surface area contributed by atoms with E-state index in [0.717, 1.165) is 49.0 Å². The van der Waals surface area contributed by atoms with Gasteiger partial charge in [-0.2, -0.15) is 0 Å². The molecule has 1 fully saturated rings. The van der Waals surface area contributed by atoms with E-state index in [9.17, 15) is 19.5 Å². The summed E-state index contributed by atoms with van der Waals surface area (Å²) in [5.74, 6) is -1.64. The number of carboxylic acids is 1. The molecule has 3 rings (SSSR count). The van der Waals surface area contributed by atoms with Crippen LogP contribution in [0.15, 0.2) is 0 Å². The van der Waals surface area contributed by atoms with Crippen molar-refractivity contribution in [2.24, 2.45) is 5.41 Å². The van der Waals surface area contributed by atoms with Gasteiger partial charge in [0.05, 0.1) is 17.6 Å². The van der Waals surface area contributed by atoms with Crippen LogP contribution in [0, 0.1) is 5.41 Å². The van der Waals surface area contributed by atoms with Crippen LogP contribution in [-0.2, 0) is 27.2 Å². The van der Waals surface area contributed by atoms with E-state index in [4.69, 9.17) is 4.74 Å². The number of nitrogens with one attached hydrogen (secondary N) is 1. The fraction of sp³-hybridized carbons (Fsp3) is 0.632. The highest BCUT2D eigenvalue weighted by Crippen LogP contribution is 2.42. The maximum atomic E-state index is 12.6. The Morgan fingerprint density at radius 1 is 1.15 bits per heavy atom. The zero-order chi connectivity index (χ0) is 18.7. The Balaban J connectivity index is 1.79. The number of carboxylic acid groups (broad SMARTS) is 1. The van der Waals surface area contributed by atoms with Crippen molar-refractivity contribution < 1.29 is 24.2 Å². The number of fused-ring (bicyclic) bond motifs is 1. The summed E-state index contributed by atoms with van der Waals surface area (Å²) < 4.78 is 5.16. The van der Waals surface area contributed by atoms with E-state index in [-0.39, 0.29) is 18.9 Å². The smallest absolute Gasteiger partial charge is 0.341 e. The lowest BCUT2D eigenvalue weighted by molar-refractivity contribution is -0.153. The molecule has 1 heterocycles. The number of esters is 1. The first-order valence-corrected chi connectivity index (χ1v) is 10.1. The van der Waals surface area contributed by atoms with Crippen molar-refractivity contribution in [3.63, 3.8) is 0 Å². The molecule has 1 aromatic heterocycles. The Labute approximate surface area is 156 Å². The number of carbonyl (C=O) groups excluding carboxylic acids is 2. The minimum absolute atomic E-state index is 0.0484. The second-order valence-electron chi connectivity index (χ2n) is 7.15. The Bertz CT molecular complexity index is 718. The fourth-order valence-corrected chi connectivity index (χ4v) is 5.38. The number of hydrogen-bond donors (Lipinski definition) is 2. The summed E-state index contributed by atoms with van der Waals surface area (Å²) in [6, 6.07) is 0. The van der Waals surface area contributed by atoms with E-state index in [1.54, 1.807) is 6.92 Å². The molecular formula is C19H25NO5S. The SMILES string of the molecule is CCOC(=O)c1c(NC(=O)CC2(C(=O)O)CCCCC2)sc2c1CCC2. The summed E-state index contributed by atoms with van der Waals surface area (Å²) in [5, 5.41) is 13.0. The molecule has 1 amide bonds. The summed E-state index contributed by atoms with van der Waals surface area (Å²) in [5.41, 5.74) is 0.465. The first-order chi connectivity index (χ1) is 12.5. The van der Waals surface area contributed by atoms with Gasteiger partial charge in [-0.05, 0) is 44.6 Å². The Morgan fingerprint density at radius 3 is 2.54 bits per heavy atom. The van der Waals surface area contributed by atoms with E-state index in [2.05, 4.69) is 5.32 Å². The van der Waals surface area contributed by atoms with Gasteiger partial charge in [0, 0.05) is 11.3 Å². The number of aryl methyl sites for hydroxylation is 1. The van der Waals surface area contributed by atoms with Crippen molar-refractivity contribution in [2.45, 2.75) is 64.7 Å². The predicted octanol–water partition coefficient (Wildman–Crippen LogP) is 3.78. The average Bonchev–Trinajstić information content (AvgIpc) is 3.16. The monoisotopic (exact) mass is 379 g/mol. The molecule has 2 aliphatic carbocycles. The molecule has 0 unspecified atom stereocenters. The van der Waals surface area contributed by atoms with E-state index in [0.29, 0.717) is 23.4 Å². The minimum atomic E-state index is -0.980. The van der Waals surface area contributed by atoms with E-state index in [1.807, 2.05) is 0 Å². The standard InChI is InChI=1S/C19H25NO5S/c1-2-25-17(22)15-12-7-6-8-13(12)26-16(15)20-14(21)11-19(18(23)24)9-4-3-5-10-19/h2-11H2,1H3,(H,20,21)(H,23,24). The van der Waals surface area contributed by atoms with Gasteiger partial charge < -0.3 is 15.2 Å². The molecule has 2 N–H and O–H groups in total. The molecule has 0 radical (unpaired) electrons. The van der Waals surface area contributed by atoms with Crippen LogP contribution in [0.25, 0.3) is 0 Å². The first kappa shape index (κ1) is 18.9. The van der Waals surface area contributed by atoms with Crippen LogP contribution >= 0.6 is 11.3 Å². The number of rotatable bonds is 6. The van der Waals surface area contributed by atoms with E-state index < -0.39 is 17.4 Å². The molecule has 0 spiro atoms. The van der Waals surface area contributed by atoms with Gasteiger partial charge in [0.2, 0.25) is 5.91 Å². The molecule has 0 aliphatic heterocycles. The second-order valence-corrected chi connectivity index (χ2v) is 8.26. The number of amides is 1. The topological polar surface area (TPSA) is 92.7 Å². The zero-order valence-electron chi connectivity index (χ0n) is 15.1. The van der Waals surface area contributed by atoms with Crippen LogP contribution < -0.4 is 5.32 Å². The van der Waals surface area contributed by atoms with Crippen LogP contribution in [0.4, 0.5) is 5.00 Å². The van der Waals surface area contributed by atoms with Crippen molar-refractivity contribution in [3.8, 4) is 0 Å². The summed E-state index contributed by atoms with van der Waals surface area (Å²) in [6.07, 6.45) is 6.42. The van der Waals surface area contributed by atoms with Gasteiger partial charge in [0.1, 0.15) is 5.00 Å². The van der Waals surface area contributed by atoms with Gasteiger partial charge in [0.15, 0.2) is 0 Å². The molecule has 0 saturated heterocycles. The molecule has 7 heteroatoms. The van der Waals surface area contributed by atoms with Gasteiger partial charge in [0.25, 0.3) is 0 Å². The number of ether oxygens (including phenoxy) is 1. The quantitative estimate of drug-likeness (QED) is 0.734. The summed E-state index contributed by atoms with van der Waals surface area (Å²) in [6.45, 7) is 2.03. The third-order valence-electron chi connectivity index (χ3n) is 5.42. The van der Waals surface area contributed by atoms with Crippen molar-refractivity contribution in [1.29, 1.82) is 0 Å². The average molecular weight is 379 g/mol. The second kappa shape index (κ2) is 7.78. The van der Waals surface area contributed by atoms with Gasteiger partial charge >= 0.3 is 11.9 Å². The number of carbonyl (C=O) groups is 3. The van der Waals surface area contributed by atoms with Gasteiger partial charge in [-0.25, -0.2) is 4.79 Å². The van der Waals surface area contributed by atoms with E-state index in [1.165, 1.54) is 11.3 Å². The summed E-state index contributed by atoms with van der Waals surface area (Å²) >= 11 is 1.42. The molecule has 142 valence electrons. The lowest BCUT2D eigenvalue weighted by Gasteiger charge is -2.32. The first-order valence-electron chi connectivity index (χ1n) is 9.32. The Kier molecular flexibility index (Phi) is 5.65. The largest absolute Gasteiger partial charge is 0.481 e. The summed E-state index contributed by atoms with van der Waals surface area (Å²) in [7, 11) is 0. The minimum Gasteiger partial charge on any atom is -0.481 e. The van der Waals surface area contributed by atoms with Crippen LogP contribution in [0.2, 0.25) is 0 Å². The van der Waals surface area contributed by atoms with Gasteiger partial charge in [-0.3, -0.25) is 9.59 Å². The number of anilines is 1. The molecule has 2 aliphatic rings. The van der Waals surface area contributed by atoms with Crippen molar-refractivity contribution in [1.82, 2.24) is 0 Å². The lowest BCUT2D eigenvalue weighted by Crippen LogP contribution is -2.37.